The van der Waals surface area contributed by atoms with Crippen molar-refractivity contribution in [2.24, 2.45) is 0 Å². The van der Waals surface area contributed by atoms with Crippen LogP contribution in [0.1, 0.15) is 6.23 Å². The molecule has 0 amide bonds. The van der Waals surface area contributed by atoms with Crippen LogP contribution in [0.4, 0.5) is 10.1 Å². The first-order valence-electron chi connectivity index (χ1n) is 10.4. The van der Waals surface area contributed by atoms with Crippen molar-refractivity contribution in [1.82, 2.24) is 14.8 Å². The van der Waals surface area contributed by atoms with Crippen LogP contribution in [0, 0.1) is 5.82 Å². The molecule has 2 aromatic heterocycles. The first-order valence-corrected chi connectivity index (χ1v) is 15.8. The number of halogens is 2. The molecule has 6 N–H and O–H groups in total. The van der Waals surface area contributed by atoms with Gasteiger partial charge in [0.15, 0.2) is 17.8 Å². The minimum Gasteiger partial charge on any atom is -0.387 e. The first kappa shape index (κ1) is 29.0. The van der Waals surface area contributed by atoms with E-state index < -0.39 is 73.0 Å². The molecule has 0 radical (unpaired) electrons. The number of ether oxygens (including phenoxy) is 1. The van der Waals surface area contributed by atoms with Gasteiger partial charge in [-0.3, -0.25) is 13.9 Å². The Bertz CT molecular complexity index is 1570. The summed E-state index contributed by atoms with van der Waals surface area (Å²) < 4.78 is 75.9. The molecule has 1 aliphatic rings. The maximum atomic E-state index is 14.1. The van der Waals surface area contributed by atoms with Crippen LogP contribution in [-0.2, 0) is 28.4 Å². The molecule has 0 bridgehead atoms. The molecule has 2 unspecified atom stereocenters. The van der Waals surface area contributed by atoms with E-state index in [9.17, 15) is 37.0 Å². The van der Waals surface area contributed by atoms with Gasteiger partial charge in [0, 0.05) is 6.07 Å². The molecule has 0 spiro atoms. The van der Waals surface area contributed by atoms with E-state index >= 15 is 0 Å². The van der Waals surface area contributed by atoms with Gasteiger partial charge >= 0.3 is 15.2 Å². The van der Waals surface area contributed by atoms with Crippen LogP contribution in [-0.4, -0.2) is 78.9 Å². The summed E-state index contributed by atoms with van der Waals surface area (Å²) in [5.41, 5.74) is -0.253. The van der Waals surface area contributed by atoms with Gasteiger partial charge in [0.25, 0.3) is 10.0 Å². The number of hydrogen-bond acceptors (Lipinski definition) is 10. The third-order valence-corrected chi connectivity index (χ3v) is 10.3. The summed E-state index contributed by atoms with van der Waals surface area (Å²) in [5.74, 6) is -2.46. The normalized spacial score (nSPS) is 24.0. The molecular formula is C18H20ClFN4O11P2S. The summed E-state index contributed by atoms with van der Waals surface area (Å²) in [6.45, 7) is -0.830. The Morgan fingerprint density at radius 3 is 2.53 bits per heavy atom. The highest BCUT2D eigenvalue weighted by Gasteiger charge is 2.46. The average molecular weight is 617 g/mol. The molecule has 1 fully saturated rings. The number of hydrogen-bond donors (Lipinski definition) is 6. The molecular weight excluding hydrogens is 597 g/mol. The Balaban J connectivity index is 1.60. The van der Waals surface area contributed by atoms with Crippen molar-refractivity contribution in [1.29, 1.82) is 0 Å². The van der Waals surface area contributed by atoms with Crippen molar-refractivity contribution in [3.63, 3.8) is 0 Å². The van der Waals surface area contributed by atoms with Gasteiger partial charge in [-0.2, -0.15) is 5.10 Å². The lowest BCUT2D eigenvalue weighted by Crippen LogP contribution is -2.33. The predicted octanol–water partition coefficient (Wildman–Crippen LogP) is 0.981. The highest BCUT2D eigenvalue weighted by molar-refractivity contribution is 7.92. The van der Waals surface area contributed by atoms with E-state index in [0.29, 0.717) is 0 Å². The van der Waals surface area contributed by atoms with E-state index in [4.69, 9.17) is 26.1 Å². The highest BCUT2D eigenvalue weighted by atomic mass is 35.5. The minimum absolute atomic E-state index is 0.0563. The summed E-state index contributed by atoms with van der Waals surface area (Å²) in [5, 5.41) is 24.7. The fourth-order valence-electron chi connectivity index (χ4n) is 3.65. The van der Waals surface area contributed by atoms with Crippen LogP contribution in [0.25, 0.3) is 11.0 Å². The molecule has 20 heteroatoms. The second-order valence-corrected chi connectivity index (χ2v) is 14.2. The van der Waals surface area contributed by atoms with Gasteiger partial charge in [-0.1, -0.05) is 23.7 Å². The van der Waals surface area contributed by atoms with Gasteiger partial charge in [0.2, 0.25) is 0 Å². The average Bonchev–Trinajstić information content (AvgIpc) is 3.32. The largest absolute Gasteiger partial charge is 0.387 e. The van der Waals surface area contributed by atoms with Crippen LogP contribution >= 0.6 is 26.8 Å². The topological polar surface area (TPSA) is 231 Å². The number of pyridine rings is 1. The van der Waals surface area contributed by atoms with Gasteiger partial charge in [-0.05, 0) is 12.1 Å². The lowest BCUT2D eigenvalue weighted by Gasteiger charge is -2.18. The van der Waals surface area contributed by atoms with Gasteiger partial charge in [0.05, 0.1) is 23.9 Å². The van der Waals surface area contributed by atoms with Crippen LogP contribution in [0.2, 0.25) is 5.15 Å². The minimum atomic E-state index is -4.90. The number of rotatable bonds is 9. The first-order chi connectivity index (χ1) is 17.6. The van der Waals surface area contributed by atoms with E-state index in [2.05, 4.69) is 19.3 Å². The van der Waals surface area contributed by atoms with Crippen LogP contribution < -0.4 is 4.72 Å². The molecule has 4 rings (SSSR count). The lowest BCUT2D eigenvalue weighted by molar-refractivity contribution is -0.0541. The molecule has 0 saturated carbocycles. The van der Waals surface area contributed by atoms with Crippen molar-refractivity contribution in [3.05, 3.63) is 47.5 Å². The third kappa shape index (κ3) is 6.24. The zero-order valence-electron chi connectivity index (χ0n) is 18.8. The van der Waals surface area contributed by atoms with Gasteiger partial charge in [0.1, 0.15) is 34.2 Å². The van der Waals surface area contributed by atoms with Crippen LogP contribution in [0.5, 0.6) is 0 Å². The number of nitrogens with zero attached hydrogens (tertiary/aromatic N) is 3. The Labute approximate surface area is 218 Å². The molecule has 1 aliphatic heterocycles. The number of fused-ring (bicyclic) bond motifs is 1. The molecule has 3 aromatic rings. The Kier molecular flexibility index (Phi) is 8.02. The van der Waals surface area contributed by atoms with Gasteiger partial charge in [-0.25, -0.2) is 22.5 Å². The summed E-state index contributed by atoms with van der Waals surface area (Å²) in [6, 6.07) is 5.81. The second-order valence-electron chi connectivity index (χ2n) is 8.14. The maximum absolute atomic E-state index is 14.1. The zero-order valence-corrected chi connectivity index (χ0v) is 22.1. The van der Waals surface area contributed by atoms with Gasteiger partial charge in [-0.15, -0.1) is 0 Å². The molecule has 1 saturated heterocycles. The smallest absolute Gasteiger partial charge is 0.340 e. The van der Waals surface area contributed by atoms with Crippen molar-refractivity contribution >= 4 is 53.5 Å². The Morgan fingerprint density at radius 1 is 1.18 bits per heavy atom. The fraction of sp³-hybridized carbons (Fsp3) is 0.333. The molecule has 208 valence electrons. The number of aromatic nitrogens is 3. The van der Waals surface area contributed by atoms with Crippen molar-refractivity contribution in [3.8, 4) is 0 Å². The van der Waals surface area contributed by atoms with E-state index in [1.807, 2.05) is 0 Å². The molecule has 5 atom stereocenters. The summed E-state index contributed by atoms with van der Waals surface area (Å²) in [4.78, 5) is 30.8. The predicted molar refractivity (Wildman–Crippen MR) is 128 cm³/mol. The number of aliphatic hydroxyl groups excluding tert-OH is 2. The van der Waals surface area contributed by atoms with Crippen LogP contribution in [0.15, 0.2) is 41.4 Å². The standard InChI is InChI=1S/C18H20ClFN4O11P2S/c19-14-5-11(23-38(32,33)13-4-2-1-3-10(13)20)9-6-21-24(17(9)22-14)18-16(26)15(25)12(35-18)7-34-37(30,31)8-36(27,28)29/h1-6,12,15-16,18,25-26H,7-8H2,(H,22,23)(H,30,31)(H2,27,28,29)/t12-,15-,16-,18?/m1/s1. The summed E-state index contributed by atoms with van der Waals surface area (Å²) in [6.07, 6.45) is -5.17. The number of anilines is 1. The summed E-state index contributed by atoms with van der Waals surface area (Å²) in [7, 11) is -14.1. The molecule has 38 heavy (non-hydrogen) atoms. The van der Waals surface area contributed by atoms with Crippen molar-refractivity contribution in [2.75, 3.05) is 17.2 Å². The van der Waals surface area contributed by atoms with Crippen LogP contribution in [0.3, 0.4) is 0 Å². The van der Waals surface area contributed by atoms with Gasteiger partial charge < -0.3 is 34.2 Å². The fourth-order valence-corrected chi connectivity index (χ4v) is 7.56. The Morgan fingerprint density at radius 2 is 1.87 bits per heavy atom. The van der Waals surface area contributed by atoms with E-state index in [1.54, 1.807) is 0 Å². The Hall–Kier alpha value is -2.01. The SMILES string of the molecule is O=P(O)(O)CP(=O)(O)OC[C@H]1OC(n2ncc3c(NS(=O)(=O)c4ccccc4F)cc(Cl)nc32)[C@H](O)[C@@H]1O. The van der Waals surface area contributed by atoms with E-state index in [-0.39, 0.29) is 21.9 Å². The van der Waals surface area contributed by atoms with Crippen molar-refractivity contribution in [2.45, 2.75) is 29.4 Å². The van der Waals surface area contributed by atoms with Crippen molar-refractivity contribution < 1.29 is 56.1 Å². The highest BCUT2D eigenvalue weighted by Crippen LogP contribution is 2.55. The lowest BCUT2D eigenvalue weighted by atomic mass is 10.1. The zero-order chi connectivity index (χ0) is 28.0. The molecule has 1 aromatic carbocycles. The monoisotopic (exact) mass is 616 g/mol. The number of nitrogens with one attached hydrogen (secondary N) is 1. The number of aliphatic hydroxyl groups is 2. The number of sulfonamides is 1. The van der Waals surface area contributed by atoms with E-state index in [0.717, 1.165) is 29.1 Å². The molecule has 0 aliphatic carbocycles. The quantitative estimate of drug-likeness (QED) is 0.146. The molecule has 3 heterocycles. The third-order valence-electron chi connectivity index (χ3n) is 5.29. The maximum Gasteiger partial charge on any atom is 0.340 e. The number of benzene rings is 1. The van der Waals surface area contributed by atoms with E-state index in [1.165, 1.54) is 12.1 Å². The molecule has 15 nitrogen and oxygen atoms in total. The second kappa shape index (κ2) is 10.5. The summed E-state index contributed by atoms with van der Waals surface area (Å²) >= 11 is 6.06.